The first kappa shape index (κ1) is 11.0. The molecule has 5 nitrogen and oxygen atoms in total. The molecule has 0 aromatic heterocycles. The van der Waals surface area contributed by atoms with Crippen LogP contribution in [-0.4, -0.2) is 39.8 Å². The third-order valence-corrected chi connectivity index (χ3v) is 2.82. The number of amides is 1. The second-order valence-electron chi connectivity index (χ2n) is 2.45. The summed E-state index contributed by atoms with van der Waals surface area (Å²) in [6.45, 7) is -0.383. The molecule has 0 aromatic carbocycles. The summed E-state index contributed by atoms with van der Waals surface area (Å²) in [6.07, 6.45) is 1.50. The molecule has 0 saturated carbocycles. The minimum absolute atomic E-state index is 0.277. The lowest BCUT2D eigenvalue weighted by atomic mass is 10.4. The number of aliphatic carboxylic acids is 1. The number of carboxylic acid groups (broad SMARTS) is 1. The van der Waals surface area contributed by atoms with Crippen molar-refractivity contribution in [3.8, 4) is 0 Å². The molecule has 0 radical (unpaired) electrons. The summed E-state index contributed by atoms with van der Waals surface area (Å²) in [7, 11) is 1.66. The van der Waals surface area contributed by atoms with Gasteiger partial charge in [-0.2, -0.15) is 0 Å². The highest BCUT2D eigenvalue weighted by Crippen LogP contribution is 2.29. The summed E-state index contributed by atoms with van der Waals surface area (Å²) in [5, 5.41) is 11.2. The molecule has 1 amide bonds. The Hall–Kier alpha value is -1.08. The lowest BCUT2D eigenvalue weighted by molar-refractivity contribution is -0.140. The number of hydrogen-bond donors (Lipinski definition) is 2. The summed E-state index contributed by atoms with van der Waals surface area (Å²) in [5.74, 6) is -1.44. The van der Waals surface area contributed by atoms with Crippen molar-refractivity contribution in [3.63, 3.8) is 0 Å². The standard InChI is InChI=1S/C7H8N2O3S2/c1-8-2-4-6(12)9(3-5(10)11)7(13)14-4/h2,8H,3H2,1H3,(H,10,11)/b4-2+. The molecule has 2 N–H and O–H groups in total. The maximum Gasteiger partial charge on any atom is 0.323 e. The molecule has 0 bridgehead atoms. The number of thiocarbonyl (C=S) groups is 1. The van der Waals surface area contributed by atoms with Gasteiger partial charge in [0.05, 0.1) is 4.91 Å². The molecule has 1 aliphatic rings. The quantitative estimate of drug-likeness (QED) is 0.527. The lowest BCUT2D eigenvalue weighted by Gasteiger charge is -2.09. The van der Waals surface area contributed by atoms with Gasteiger partial charge in [0.2, 0.25) is 0 Å². The van der Waals surface area contributed by atoms with Crippen LogP contribution in [0.15, 0.2) is 11.1 Å². The predicted molar refractivity (Wildman–Crippen MR) is 56.7 cm³/mol. The molecular formula is C7H8N2O3S2. The fraction of sp³-hybridized carbons (Fsp3) is 0.286. The Bertz CT molecular complexity index is 327. The average molecular weight is 232 g/mol. The van der Waals surface area contributed by atoms with Crippen LogP contribution in [0.1, 0.15) is 0 Å². The fourth-order valence-corrected chi connectivity index (χ4v) is 2.14. The lowest BCUT2D eigenvalue weighted by Crippen LogP contribution is -2.33. The van der Waals surface area contributed by atoms with Gasteiger partial charge in [-0.15, -0.1) is 0 Å². The van der Waals surface area contributed by atoms with Crippen LogP contribution in [-0.2, 0) is 9.59 Å². The first-order valence-corrected chi connectivity index (χ1v) is 4.91. The van der Waals surface area contributed by atoms with E-state index in [1.807, 2.05) is 0 Å². The van der Waals surface area contributed by atoms with Crippen molar-refractivity contribution in [2.45, 2.75) is 0 Å². The summed E-state index contributed by atoms with van der Waals surface area (Å²) in [4.78, 5) is 23.4. The van der Waals surface area contributed by atoms with Gasteiger partial charge in [-0.25, -0.2) is 0 Å². The molecule has 1 heterocycles. The zero-order valence-electron chi connectivity index (χ0n) is 7.31. The Balaban J connectivity index is 2.80. The van der Waals surface area contributed by atoms with Crippen LogP contribution in [0, 0.1) is 0 Å². The van der Waals surface area contributed by atoms with Crippen LogP contribution >= 0.6 is 24.0 Å². The van der Waals surface area contributed by atoms with Gasteiger partial charge in [0.15, 0.2) is 0 Å². The van der Waals surface area contributed by atoms with E-state index in [2.05, 4.69) is 5.32 Å². The summed E-state index contributed by atoms with van der Waals surface area (Å²) in [6, 6.07) is 0. The van der Waals surface area contributed by atoms with Crippen LogP contribution < -0.4 is 5.32 Å². The molecule has 1 saturated heterocycles. The van der Waals surface area contributed by atoms with Gasteiger partial charge >= 0.3 is 5.97 Å². The highest BCUT2D eigenvalue weighted by molar-refractivity contribution is 8.26. The Morgan fingerprint density at radius 3 is 2.93 bits per heavy atom. The average Bonchev–Trinajstić information content (AvgIpc) is 2.33. The summed E-state index contributed by atoms with van der Waals surface area (Å²) >= 11 is 5.95. The second-order valence-corrected chi connectivity index (χ2v) is 4.13. The smallest absolute Gasteiger partial charge is 0.323 e. The van der Waals surface area contributed by atoms with E-state index in [1.165, 1.54) is 6.20 Å². The number of rotatable bonds is 3. The third-order valence-electron chi connectivity index (χ3n) is 1.44. The molecule has 0 spiro atoms. The van der Waals surface area contributed by atoms with Gasteiger partial charge in [0, 0.05) is 13.2 Å². The van der Waals surface area contributed by atoms with Crippen molar-refractivity contribution < 1.29 is 14.7 Å². The molecule has 0 aromatic rings. The Kier molecular flexibility index (Phi) is 3.48. The molecular weight excluding hydrogens is 224 g/mol. The van der Waals surface area contributed by atoms with Crippen LogP contribution in [0.2, 0.25) is 0 Å². The second kappa shape index (κ2) is 4.43. The third kappa shape index (κ3) is 2.24. The van der Waals surface area contributed by atoms with E-state index >= 15 is 0 Å². The van der Waals surface area contributed by atoms with Gasteiger partial charge in [0.25, 0.3) is 5.91 Å². The van der Waals surface area contributed by atoms with Crippen LogP contribution in [0.3, 0.4) is 0 Å². The van der Waals surface area contributed by atoms with Crippen molar-refractivity contribution in [2.75, 3.05) is 13.6 Å². The van der Waals surface area contributed by atoms with Crippen LogP contribution in [0.25, 0.3) is 0 Å². The molecule has 0 aliphatic carbocycles. The molecule has 0 atom stereocenters. The first-order valence-electron chi connectivity index (χ1n) is 3.69. The molecule has 7 heteroatoms. The van der Waals surface area contributed by atoms with Crippen LogP contribution in [0.4, 0.5) is 0 Å². The number of nitrogens with zero attached hydrogens (tertiary/aromatic N) is 1. The molecule has 0 unspecified atom stereocenters. The monoisotopic (exact) mass is 232 g/mol. The highest BCUT2D eigenvalue weighted by atomic mass is 32.2. The molecule has 1 fully saturated rings. The SMILES string of the molecule is CN/C=C1/SC(=S)N(CC(=O)O)C1=O. The fourth-order valence-electron chi connectivity index (χ4n) is 0.903. The Morgan fingerprint density at radius 1 is 1.79 bits per heavy atom. The number of carbonyl (C=O) groups excluding carboxylic acids is 1. The highest BCUT2D eigenvalue weighted by Gasteiger charge is 2.33. The van der Waals surface area contributed by atoms with Gasteiger partial charge in [-0.1, -0.05) is 24.0 Å². The van der Waals surface area contributed by atoms with Crippen molar-refractivity contribution >= 4 is 40.2 Å². The minimum atomic E-state index is -1.08. The maximum atomic E-state index is 11.5. The van der Waals surface area contributed by atoms with Gasteiger partial charge in [-0.05, 0) is 0 Å². The number of hydrogen-bond acceptors (Lipinski definition) is 5. The first-order chi connectivity index (χ1) is 6.56. The molecule has 76 valence electrons. The Labute approximate surface area is 90.1 Å². The zero-order valence-corrected chi connectivity index (χ0v) is 8.94. The minimum Gasteiger partial charge on any atom is -0.480 e. The Morgan fingerprint density at radius 2 is 2.43 bits per heavy atom. The molecule has 1 aliphatic heterocycles. The van der Waals surface area contributed by atoms with E-state index in [0.717, 1.165) is 16.7 Å². The number of carbonyl (C=O) groups is 2. The van der Waals surface area contributed by atoms with E-state index in [-0.39, 0.29) is 16.8 Å². The van der Waals surface area contributed by atoms with E-state index in [1.54, 1.807) is 7.05 Å². The van der Waals surface area contributed by atoms with E-state index in [4.69, 9.17) is 17.3 Å². The van der Waals surface area contributed by atoms with Crippen LogP contribution in [0.5, 0.6) is 0 Å². The van der Waals surface area contributed by atoms with E-state index in [9.17, 15) is 9.59 Å². The number of carboxylic acids is 1. The van der Waals surface area contributed by atoms with Crippen molar-refractivity contribution in [1.82, 2.24) is 10.2 Å². The van der Waals surface area contributed by atoms with E-state index < -0.39 is 5.97 Å². The summed E-state index contributed by atoms with van der Waals surface area (Å²) in [5.41, 5.74) is 0. The number of thioether (sulfide) groups is 1. The van der Waals surface area contributed by atoms with Crippen molar-refractivity contribution in [3.05, 3.63) is 11.1 Å². The molecule has 14 heavy (non-hydrogen) atoms. The number of nitrogens with one attached hydrogen (secondary N) is 1. The normalized spacial score (nSPS) is 19.2. The zero-order chi connectivity index (χ0) is 10.7. The predicted octanol–water partition coefficient (Wildman–Crippen LogP) is -0.00790. The van der Waals surface area contributed by atoms with E-state index in [0.29, 0.717) is 4.91 Å². The largest absolute Gasteiger partial charge is 0.480 e. The van der Waals surface area contributed by atoms with Crippen molar-refractivity contribution in [1.29, 1.82) is 0 Å². The summed E-state index contributed by atoms with van der Waals surface area (Å²) < 4.78 is 0.277. The van der Waals surface area contributed by atoms with Gasteiger partial charge in [-0.3, -0.25) is 14.5 Å². The van der Waals surface area contributed by atoms with Gasteiger partial charge in [0.1, 0.15) is 10.9 Å². The topological polar surface area (TPSA) is 69.6 Å². The van der Waals surface area contributed by atoms with Crippen molar-refractivity contribution in [2.24, 2.45) is 0 Å². The maximum absolute atomic E-state index is 11.5. The van der Waals surface area contributed by atoms with Gasteiger partial charge < -0.3 is 10.4 Å². The molecule has 1 rings (SSSR count).